The van der Waals surface area contributed by atoms with Gasteiger partial charge >= 0.3 is 0 Å². The van der Waals surface area contributed by atoms with Gasteiger partial charge in [0.15, 0.2) is 0 Å². The Balaban J connectivity index is 2.48. The molecule has 2 aromatic rings. The van der Waals surface area contributed by atoms with Gasteiger partial charge in [-0.2, -0.15) is 0 Å². The largest absolute Gasteiger partial charge is 0.368 e. The van der Waals surface area contributed by atoms with Crippen LogP contribution in [0.2, 0.25) is 5.02 Å². The van der Waals surface area contributed by atoms with Crippen molar-refractivity contribution in [1.29, 1.82) is 0 Å². The summed E-state index contributed by atoms with van der Waals surface area (Å²) >= 11 is 6.04. The summed E-state index contributed by atoms with van der Waals surface area (Å²) in [6.07, 6.45) is 0.525. The summed E-state index contributed by atoms with van der Waals surface area (Å²) in [5.74, 6) is -0.425. The highest BCUT2D eigenvalue weighted by atomic mass is 35.5. The van der Waals surface area contributed by atoms with Crippen LogP contribution < -0.4 is 11.1 Å². The second-order valence-electron chi connectivity index (χ2n) is 4.62. The van der Waals surface area contributed by atoms with E-state index in [1.54, 1.807) is 12.1 Å². The average Bonchev–Trinajstić information content (AvgIpc) is 2.45. The van der Waals surface area contributed by atoms with Crippen molar-refractivity contribution < 1.29 is 4.79 Å². The monoisotopic (exact) mass is 288 g/mol. The van der Waals surface area contributed by atoms with Gasteiger partial charge in [-0.15, -0.1) is 0 Å². The minimum Gasteiger partial charge on any atom is -0.368 e. The first kappa shape index (κ1) is 14.4. The molecule has 104 valence electrons. The summed E-state index contributed by atoms with van der Waals surface area (Å²) < 4.78 is 0. The first-order valence-corrected chi connectivity index (χ1v) is 6.85. The smallest absolute Gasteiger partial charge is 0.247 e. The van der Waals surface area contributed by atoms with Crippen LogP contribution in [0, 0.1) is 0 Å². The van der Waals surface area contributed by atoms with Crippen molar-refractivity contribution in [3.8, 4) is 0 Å². The van der Waals surface area contributed by atoms with E-state index in [4.69, 9.17) is 17.3 Å². The average molecular weight is 289 g/mol. The summed E-state index contributed by atoms with van der Waals surface area (Å²) in [5.41, 5.74) is 6.31. The molecule has 20 heavy (non-hydrogen) atoms. The van der Waals surface area contributed by atoms with Crippen LogP contribution in [0.4, 0.5) is 5.69 Å². The molecule has 0 radical (unpaired) electrons. The predicted octanol–water partition coefficient (Wildman–Crippen LogP) is 3.54. The molecule has 1 atom stereocenters. The van der Waals surface area contributed by atoms with Gasteiger partial charge in [0.05, 0.1) is 0 Å². The Morgan fingerprint density at radius 1 is 1.20 bits per heavy atom. The molecule has 0 aliphatic heterocycles. The molecule has 0 bridgehead atoms. The fourth-order valence-electron chi connectivity index (χ4n) is 2.26. The first-order valence-electron chi connectivity index (χ1n) is 6.47. The molecule has 1 unspecified atom stereocenters. The molecule has 2 aromatic carbocycles. The number of carbonyl (C=O) groups is 1. The van der Waals surface area contributed by atoms with Crippen LogP contribution in [0.25, 0.3) is 0 Å². The number of rotatable bonds is 5. The minimum atomic E-state index is -0.966. The van der Waals surface area contributed by atoms with Crippen LogP contribution in [0.5, 0.6) is 0 Å². The van der Waals surface area contributed by atoms with Crippen LogP contribution >= 0.6 is 11.6 Å². The molecule has 3 N–H and O–H groups in total. The van der Waals surface area contributed by atoms with E-state index in [-0.39, 0.29) is 0 Å². The number of primary amides is 1. The van der Waals surface area contributed by atoms with Crippen LogP contribution in [0.3, 0.4) is 0 Å². The molecule has 0 saturated carbocycles. The quantitative estimate of drug-likeness (QED) is 0.884. The zero-order valence-corrected chi connectivity index (χ0v) is 12.0. The molecule has 0 aliphatic carbocycles. The van der Waals surface area contributed by atoms with Crippen molar-refractivity contribution >= 4 is 23.2 Å². The van der Waals surface area contributed by atoms with Gasteiger partial charge in [0.1, 0.15) is 5.54 Å². The molecule has 0 fully saturated rings. The molecule has 0 heterocycles. The number of hydrogen-bond donors (Lipinski definition) is 2. The standard InChI is InChI=1S/C16H17ClN2O/c1-2-16(15(18)20,12-7-6-8-13(17)11-12)19-14-9-4-3-5-10-14/h3-11,19H,2H2,1H3,(H2,18,20). The van der Waals surface area contributed by atoms with Gasteiger partial charge in [-0.05, 0) is 36.2 Å². The zero-order valence-electron chi connectivity index (χ0n) is 11.3. The normalized spacial score (nSPS) is 13.5. The second-order valence-corrected chi connectivity index (χ2v) is 5.06. The van der Waals surface area contributed by atoms with E-state index in [2.05, 4.69) is 5.32 Å². The second kappa shape index (κ2) is 5.97. The third kappa shape index (κ3) is 2.78. The summed E-state index contributed by atoms with van der Waals surface area (Å²) in [6, 6.07) is 16.7. The van der Waals surface area contributed by atoms with Crippen molar-refractivity contribution in [3.63, 3.8) is 0 Å². The van der Waals surface area contributed by atoms with E-state index < -0.39 is 11.4 Å². The van der Waals surface area contributed by atoms with E-state index in [0.29, 0.717) is 11.4 Å². The maximum Gasteiger partial charge on any atom is 0.247 e. The topological polar surface area (TPSA) is 55.1 Å². The Morgan fingerprint density at radius 2 is 1.90 bits per heavy atom. The number of carbonyl (C=O) groups excluding carboxylic acids is 1. The van der Waals surface area contributed by atoms with E-state index in [9.17, 15) is 4.79 Å². The lowest BCUT2D eigenvalue weighted by Gasteiger charge is -2.32. The molecule has 1 amide bonds. The van der Waals surface area contributed by atoms with Gasteiger partial charge in [-0.3, -0.25) is 4.79 Å². The van der Waals surface area contributed by atoms with Gasteiger partial charge in [-0.1, -0.05) is 48.9 Å². The zero-order chi connectivity index (χ0) is 14.6. The van der Waals surface area contributed by atoms with E-state index in [1.807, 2.05) is 49.4 Å². The SMILES string of the molecule is CCC(Nc1ccccc1)(C(N)=O)c1cccc(Cl)c1. The number of amides is 1. The van der Waals surface area contributed by atoms with E-state index in [1.165, 1.54) is 0 Å². The van der Waals surface area contributed by atoms with Crippen LogP contribution in [0.15, 0.2) is 54.6 Å². The van der Waals surface area contributed by atoms with Crippen LogP contribution in [0.1, 0.15) is 18.9 Å². The number of nitrogens with one attached hydrogen (secondary N) is 1. The number of benzene rings is 2. The Hall–Kier alpha value is -2.00. The Kier molecular flexibility index (Phi) is 4.30. The van der Waals surface area contributed by atoms with Gasteiger partial charge in [0.2, 0.25) is 5.91 Å². The van der Waals surface area contributed by atoms with Crippen molar-refractivity contribution in [2.24, 2.45) is 5.73 Å². The highest BCUT2D eigenvalue weighted by Crippen LogP contribution is 2.31. The van der Waals surface area contributed by atoms with E-state index in [0.717, 1.165) is 11.3 Å². The molecule has 0 spiro atoms. The van der Waals surface area contributed by atoms with Crippen LogP contribution in [-0.2, 0) is 10.3 Å². The molecule has 4 heteroatoms. The van der Waals surface area contributed by atoms with Gasteiger partial charge < -0.3 is 11.1 Å². The van der Waals surface area contributed by atoms with Crippen molar-refractivity contribution in [2.45, 2.75) is 18.9 Å². The van der Waals surface area contributed by atoms with Crippen molar-refractivity contribution in [1.82, 2.24) is 0 Å². The summed E-state index contributed by atoms with van der Waals surface area (Å²) in [7, 11) is 0. The molecule has 0 aromatic heterocycles. The third-order valence-electron chi connectivity index (χ3n) is 3.40. The lowest BCUT2D eigenvalue weighted by Crippen LogP contribution is -2.47. The highest BCUT2D eigenvalue weighted by molar-refractivity contribution is 6.30. The summed E-state index contributed by atoms with van der Waals surface area (Å²) in [6.45, 7) is 1.92. The summed E-state index contributed by atoms with van der Waals surface area (Å²) in [4.78, 5) is 12.1. The van der Waals surface area contributed by atoms with Gasteiger partial charge in [-0.25, -0.2) is 0 Å². The number of halogens is 1. The number of anilines is 1. The number of nitrogens with two attached hydrogens (primary N) is 1. The molecule has 3 nitrogen and oxygen atoms in total. The van der Waals surface area contributed by atoms with Gasteiger partial charge in [0.25, 0.3) is 0 Å². The fraction of sp³-hybridized carbons (Fsp3) is 0.188. The van der Waals surface area contributed by atoms with Crippen LogP contribution in [-0.4, -0.2) is 5.91 Å². The first-order chi connectivity index (χ1) is 9.58. The maximum atomic E-state index is 12.1. The van der Waals surface area contributed by atoms with Crippen molar-refractivity contribution in [2.75, 3.05) is 5.32 Å². The third-order valence-corrected chi connectivity index (χ3v) is 3.63. The lowest BCUT2D eigenvalue weighted by atomic mass is 9.86. The van der Waals surface area contributed by atoms with Crippen molar-refractivity contribution in [3.05, 3.63) is 65.2 Å². The lowest BCUT2D eigenvalue weighted by molar-refractivity contribution is -0.122. The molecular weight excluding hydrogens is 272 g/mol. The number of hydrogen-bond acceptors (Lipinski definition) is 2. The summed E-state index contributed by atoms with van der Waals surface area (Å²) in [5, 5.41) is 3.83. The predicted molar refractivity (Wildman–Crippen MR) is 82.7 cm³/mol. The Morgan fingerprint density at radius 3 is 2.45 bits per heavy atom. The van der Waals surface area contributed by atoms with E-state index >= 15 is 0 Å². The maximum absolute atomic E-state index is 12.1. The Bertz CT molecular complexity index is 600. The minimum absolute atomic E-state index is 0.425. The van der Waals surface area contributed by atoms with Gasteiger partial charge in [0, 0.05) is 10.7 Å². The highest BCUT2D eigenvalue weighted by Gasteiger charge is 2.36. The molecule has 0 aliphatic rings. The molecule has 2 rings (SSSR count). The fourth-order valence-corrected chi connectivity index (χ4v) is 2.45. The Labute approximate surface area is 123 Å². The molecule has 0 saturated heterocycles. The number of para-hydroxylation sites is 1. The molecular formula is C16H17ClN2O.